The summed E-state index contributed by atoms with van der Waals surface area (Å²) in [6.45, 7) is 3.74. The average Bonchev–Trinajstić information content (AvgIpc) is 2.83. The quantitative estimate of drug-likeness (QED) is 0.886. The largest absolute Gasteiger partial charge is 0.459 e. The van der Waals surface area contributed by atoms with Gasteiger partial charge in [0, 0.05) is 22.6 Å². The summed E-state index contributed by atoms with van der Waals surface area (Å²) in [5, 5.41) is 1.17. The lowest BCUT2D eigenvalue weighted by atomic mass is 9.90. The molecule has 0 spiro atoms. The smallest absolute Gasteiger partial charge is 0.338 e. The molecule has 0 bridgehead atoms. The monoisotopic (exact) mass is 300 g/mol. The highest BCUT2D eigenvalue weighted by Crippen LogP contribution is 2.31. The first-order valence-corrected chi connectivity index (χ1v) is 7.96. The molecule has 1 aliphatic carbocycles. The summed E-state index contributed by atoms with van der Waals surface area (Å²) in [6.07, 6.45) is 3.18. The molecular formula is C18H24N2O2. The van der Waals surface area contributed by atoms with Crippen LogP contribution in [0.4, 0.5) is 0 Å². The molecule has 118 valence electrons. The lowest BCUT2D eigenvalue weighted by molar-refractivity contribution is 0.0378. The number of aryl methyl sites for hydroxylation is 1. The van der Waals surface area contributed by atoms with Crippen LogP contribution in [0.3, 0.4) is 0 Å². The van der Waals surface area contributed by atoms with Gasteiger partial charge in [-0.15, -0.1) is 0 Å². The Kier molecular flexibility index (Phi) is 3.96. The summed E-state index contributed by atoms with van der Waals surface area (Å²) in [6, 6.07) is 6.39. The third-order valence-electron chi connectivity index (χ3n) is 4.47. The van der Waals surface area contributed by atoms with Gasteiger partial charge in [0.15, 0.2) is 0 Å². The molecule has 3 rings (SSSR count). The second-order valence-corrected chi connectivity index (χ2v) is 6.66. The minimum Gasteiger partial charge on any atom is -0.459 e. The van der Waals surface area contributed by atoms with E-state index < -0.39 is 0 Å². The number of carbonyl (C=O) groups is 1. The summed E-state index contributed by atoms with van der Waals surface area (Å²) >= 11 is 0. The molecule has 1 heterocycles. The molecule has 1 atom stereocenters. The Bertz CT molecular complexity index is 700. The number of esters is 1. The molecule has 0 saturated heterocycles. The number of carbonyl (C=O) groups excluding carboxylic acids is 1. The number of nitrogens with zero attached hydrogens (tertiary/aromatic N) is 1. The maximum Gasteiger partial charge on any atom is 0.338 e. The Hall–Kier alpha value is -1.81. The Morgan fingerprint density at radius 3 is 2.82 bits per heavy atom. The minimum absolute atomic E-state index is 0.0959. The molecule has 0 radical (unpaired) electrons. The van der Waals surface area contributed by atoms with Gasteiger partial charge in [-0.1, -0.05) is 0 Å². The SMILES string of the molecule is CC(C)OC(=O)c1ccc2[nH]c3c(c2c1)CC(N(C)C)CC3. The Morgan fingerprint density at radius 1 is 1.36 bits per heavy atom. The number of benzene rings is 1. The molecule has 0 aliphatic heterocycles. The predicted molar refractivity (Wildman–Crippen MR) is 88.4 cm³/mol. The molecule has 1 N–H and O–H groups in total. The van der Waals surface area contributed by atoms with Crippen molar-refractivity contribution in [2.24, 2.45) is 0 Å². The van der Waals surface area contributed by atoms with E-state index in [1.807, 2.05) is 32.0 Å². The fraction of sp³-hybridized carbons (Fsp3) is 0.500. The van der Waals surface area contributed by atoms with E-state index in [0.29, 0.717) is 11.6 Å². The second-order valence-electron chi connectivity index (χ2n) is 6.66. The normalized spacial score (nSPS) is 18.0. The molecule has 2 aromatic rings. The Balaban J connectivity index is 1.98. The van der Waals surface area contributed by atoms with Gasteiger partial charge in [0.05, 0.1) is 11.7 Å². The van der Waals surface area contributed by atoms with Crippen molar-refractivity contribution >= 4 is 16.9 Å². The number of ether oxygens (including phenoxy) is 1. The Morgan fingerprint density at radius 2 is 2.14 bits per heavy atom. The van der Waals surface area contributed by atoms with Crippen LogP contribution in [0.2, 0.25) is 0 Å². The Labute approximate surface area is 131 Å². The lowest BCUT2D eigenvalue weighted by Gasteiger charge is -2.28. The molecule has 0 amide bonds. The molecule has 1 aromatic heterocycles. The van der Waals surface area contributed by atoms with Crippen LogP contribution in [0, 0.1) is 0 Å². The highest BCUT2D eigenvalue weighted by atomic mass is 16.5. The lowest BCUT2D eigenvalue weighted by Crippen LogP contribution is -2.33. The van der Waals surface area contributed by atoms with E-state index in [0.717, 1.165) is 18.4 Å². The molecular weight excluding hydrogens is 276 g/mol. The van der Waals surface area contributed by atoms with Crippen molar-refractivity contribution in [3.05, 3.63) is 35.0 Å². The zero-order valence-electron chi connectivity index (χ0n) is 13.8. The molecule has 4 nitrogen and oxygen atoms in total. The van der Waals surface area contributed by atoms with Crippen molar-refractivity contribution in [3.63, 3.8) is 0 Å². The van der Waals surface area contributed by atoms with Gasteiger partial charge in [0.1, 0.15) is 0 Å². The van der Waals surface area contributed by atoms with E-state index in [1.54, 1.807) is 0 Å². The summed E-state index contributed by atoms with van der Waals surface area (Å²) in [5.41, 5.74) is 4.43. The van der Waals surface area contributed by atoms with E-state index in [1.165, 1.54) is 23.1 Å². The van der Waals surface area contributed by atoms with Crippen LogP contribution in [0.25, 0.3) is 10.9 Å². The van der Waals surface area contributed by atoms with E-state index in [4.69, 9.17) is 4.74 Å². The van der Waals surface area contributed by atoms with Crippen LogP contribution in [-0.2, 0) is 17.6 Å². The number of H-pyrrole nitrogens is 1. The highest BCUT2D eigenvalue weighted by molar-refractivity contribution is 5.96. The van der Waals surface area contributed by atoms with E-state index in [9.17, 15) is 4.79 Å². The van der Waals surface area contributed by atoms with Crippen LogP contribution in [0.1, 0.15) is 41.9 Å². The van der Waals surface area contributed by atoms with Crippen LogP contribution in [0.15, 0.2) is 18.2 Å². The number of rotatable bonds is 3. The summed E-state index contributed by atoms with van der Waals surface area (Å²) in [5.74, 6) is -0.244. The molecule has 0 fully saturated rings. The van der Waals surface area contributed by atoms with Gasteiger partial charge in [0.25, 0.3) is 0 Å². The number of aromatic amines is 1. The molecule has 1 aromatic carbocycles. The third-order valence-corrected chi connectivity index (χ3v) is 4.47. The number of hydrogen-bond acceptors (Lipinski definition) is 3. The van der Waals surface area contributed by atoms with E-state index >= 15 is 0 Å². The number of likely N-dealkylation sites (N-methyl/N-ethyl adjacent to an activating group) is 1. The van der Waals surface area contributed by atoms with E-state index in [2.05, 4.69) is 24.0 Å². The van der Waals surface area contributed by atoms with Crippen LogP contribution < -0.4 is 0 Å². The zero-order valence-corrected chi connectivity index (χ0v) is 13.8. The first kappa shape index (κ1) is 15.1. The fourth-order valence-electron chi connectivity index (χ4n) is 3.25. The number of fused-ring (bicyclic) bond motifs is 3. The second kappa shape index (κ2) is 5.76. The number of hydrogen-bond donors (Lipinski definition) is 1. The van der Waals surface area contributed by atoms with Crippen molar-refractivity contribution in [2.75, 3.05) is 14.1 Å². The van der Waals surface area contributed by atoms with Gasteiger partial charge in [-0.05, 0) is 71.0 Å². The van der Waals surface area contributed by atoms with Crippen LogP contribution >= 0.6 is 0 Å². The first-order valence-electron chi connectivity index (χ1n) is 7.96. The topological polar surface area (TPSA) is 45.3 Å². The summed E-state index contributed by atoms with van der Waals surface area (Å²) in [7, 11) is 4.27. The van der Waals surface area contributed by atoms with Crippen molar-refractivity contribution < 1.29 is 9.53 Å². The van der Waals surface area contributed by atoms with Crippen LogP contribution in [-0.4, -0.2) is 42.1 Å². The van der Waals surface area contributed by atoms with Gasteiger partial charge >= 0.3 is 5.97 Å². The highest BCUT2D eigenvalue weighted by Gasteiger charge is 2.24. The maximum atomic E-state index is 12.1. The molecule has 1 unspecified atom stereocenters. The first-order chi connectivity index (χ1) is 10.5. The molecule has 1 aliphatic rings. The number of aromatic nitrogens is 1. The average molecular weight is 300 g/mol. The van der Waals surface area contributed by atoms with Gasteiger partial charge in [-0.2, -0.15) is 0 Å². The summed E-state index contributed by atoms with van der Waals surface area (Å²) < 4.78 is 5.31. The molecule has 0 saturated carbocycles. The number of nitrogens with one attached hydrogen (secondary N) is 1. The standard InChI is InChI=1S/C18H24N2O2/c1-11(2)22-18(21)12-5-7-16-14(9-12)15-10-13(20(3)4)6-8-17(15)19-16/h5,7,9,11,13,19H,6,8,10H2,1-4H3. The van der Waals surface area contributed by atoms with Gasteiger partial charge < -0.3 is 14.6 Å². The van der Waals surface area contributed by atoms with Crippen LogP contribution in [0.5, 0.6) is 0 Å². The third kappa shape index (κ3) is 2.75. The predicted octanol–water partition coefficient (Wildman–Crippen LogP) is 3.15. The maximum absolute atomic E-state index is 12.1. The van der Waals surface area contributed by atoms with Crippen molar-refractivity contribution in [2.45, 2.75) is 45.3 Å². The fourth-order valence-corrected chi connectivity index (χ4v) is 3.25. The van der Waals surface area contributed by atoms with Crippen molar-refractivity contribution in [3.8, 4) is 0 Å². The molecule has 22 heavy (non-hydrogen) atoms. The van der Waals surface area contributed by atoms with Gasteiger partial charge in [-0.25, -0.2) is 4.79 Å². The zero-order chi connectivity index (χ0) is 15.9. The van der Waals surface area contributed by atoms with Gasteiger partial charge in [0.2, 0.25) is 0 Å². The van der Waals surface area contributed by atoms with Crippen molar-refractivity contribution in [1.82, 2.24) is 9.88 Å². The van der Waals surface area contributed by atoms with E-state index in [-0.39, 0.29) is 12.1 Å². The van der Waals surface area contributed by atoms with Gasteiger partial charge in [-0.3, -0.25) is 0 Å². The summed E-state index contributed by atoms with van der Waals surface area (Å²) in [4.78, 5) is 17.9. The minimum atomic E-state index is -0.244. The van der Waals surface area contributed by atoms with Crippen molar-refractivity contribution in [1.29, 1.82) is 0 Å². The molecule has 4 heteroatoms.